The topological polar surface area (TPSA) is 55.4 Å². The first-order valence-electron chi connectivity index (χ1n) is 8.68. The van der Waals surface area contributed by atoms with Gasteiger partial charge in [0.25, 0.3) is 5.91 Å². The summed E-state index contributed by atoms with van der Waals surface area (Å²) >= 11 is 0. The van der Waals surface area contributed by atoms with Gasteiger partial charge in [-0.15, -0.1) is 0 Å². The molecule has 0 heterocycles. The van der Waals surface area contributed by atoms with E-state index in [0.29, 0.717) is 5.56 Å². The number of amides is 1. The fourth-order valence-corrected chi connectivity index (χ4v) is 2.51. The number of halogens is 3. The van der Waals surface area contributed by atoms with Crippen LogP contribution in [-0.2, 0) is 27.7 Å². The van der Waals surface area contributed by atoms with Crippen molar-refractivity contribution >= 4 is 11.9 Å². The molecule has 1 N–H and O–H groups in total. The third-order valence-corrected chi connectivity index (χ3v) is 4.12. The van der Waals surface area contributed by atoms with E-state index in [2.05, 4.69) is 26.1 Å². The lowest BCUT2D eigenvalue weighted by Gasteiger charge is -2.19. The fraction of sp³-hybridized carbons (Fsp3) is 0.333. The molecule has 0 bridgehead atoms. The molecule has 4 nitrogen and oxygen atoms in total. The number of carbonyl (C=O) groups is 2. The maximum Gasteiger partial charge on any atom is 0.416 e. The summed E-state index contributed by atoms with van der Waals surface area (Å²) in [6.07, 6.45) is -4.53. The van der Waals surface area contributed by atoms with E-state index in [4.69, 9.17) is 4.74 Å². The second-order valence-electron chi connectivity index (χ2n) is 7.33. The number of hydrogen-bond acceptors (Lipinski definition) is 3. The Morgan fingerprint density at radius 3 is 2.14 bits per heavy atom. The Morgan fingerprint density at radius 1 is 0.964 bits per heavy atom. The molecule has 0 aliphatic heterocycles. The van der Waals surface area contributed by atoms with Crippen LogP contribution in [0.25, 0.3) is 0 Å². The first-order chi connectivity index (χ1) is 13.0. The lowest BCUT2D eigenvalue weighted by atomic mass is 9.87. The summed E-state index contributed by atoms with van der Waals surface area (Å²) in [5, 5.41) is 2.40. The molecule has 7 heteroatoms. The van der Waals surface area contributed by atoms with Crippen molar-refractivity contribution < 1.29 is 27.5 Å². The van der Waals surface area contributed by atoms with Gasteiger partial charge in [-0.3, -0.25) is 9.59 Å². The molecule has 28 heavy (non-hydrogen) atoms. The third kappa shape index (κ3) is 5.84. The summed E-state index contributed by atoms with van der Waals surface area (Å²) in [4.78, 5) is 23.9. The van der Waals surface area contributed by atoms with Crippen molar-refractivity contribution in [1.29, 1.82) is 0 Å². The molecule has 0 saturated carbocycles. The average Bonchev–Trinajstić information content (AvgIpc) is 2.63. The van der Waals surface area contributed by atoms with Gasteiger partial charge in [0.2, 0.25) is 0 Å². The molecule has 0 fully saturated rings. The number of nitrogens with one attached hydrogen (secondary N) is 1. The van der Waals surface area contributed by atoms with Crippen LogP contribution in [0.15, 0.2) is 48.5 Å². The number of ether oxygens (including phenoxy) is 1. The van der Waals surface area contributed by atoms with E-state index in [9.17, 15) is 22.8 Å². The summed E-state index contributed by atoms with van der Waals surface area (Å²) in [5.41, 5.74) is 0.388. The van der Waals surface area contributed by atoms with Crippen LogP contribution in [0.3, 0.4) is 0 Å². The van der Waals surface area contributed by atoms with Gasteiger partial charge in [0.05, 0.1) is 5.56 Å². The molecule has 0 saturated heterocycles. The van der Waals surface area contributed by atoms with Crippen LogP contribution in [0, 0.1) is 0 Å². The number of benzene rings is 2. The highest BCUT2D eigenvalue weighted by molar-refractivity contribution is 5.95. The summed E-state index contributed by atoms with van der Waals surface area (Å²) in [7, 11) is 0. The van der Waals surface area contributed by atoms with Crippen LogP contribution in [0.5, 0.6) is 0 Å². The van der Waals surface area contributed by atoms with Crippen molar-refractivity contribution in [3.05, 3.63) is 70.8 Å². The van der Waals surface area contributed by atoms with Crippen LogP contribution in [0.1, 0.15) is 47.8 Å². The minimum Gasteiger partial charge on any atom is -0.459 e. The van der Waals surface area contributed by atoms with Crippen LogP contribution in [-0.4, -0.2) is 18.4 Å². The number of hydrogen-bond donors (Lipinski definition) is 1. The number of alkyl halides is 3. The van der Waals surface area contributed by atoms with E-state index in [1.807, 2.05) is 12.1 Å². The zero-order chi connectivity index (χ0) is 20.9. The maximum absolute atomic E-state index is 12.9. The second kappa shape index (κ2) is 8.46. The Hall–Kier alpha value is -2.83. The largest absolute Gasteiger partial charge is 0.459 e. The van der Waals surface area contributed by atoms with Gasteiger partial charge >= 0.3 is 12.1 Å². The molecule has 0 spiro atoms. The lowest BCUT2D eigenvalue weighted by Crippen LogP contribution is -2.30. The third-order valence-electron chi connectivity index (χ3n) is 4.12. The minimum absolute atomic E-state index is 0.0501. The molecule has 1 amide bonds. The van der Waals surface area contributed by atoms with Crippen molar-refractivity contribution in [2.45, 2.75) is 39.0 Å². The molecule has 0 unspecified atom stereocenters. The average molecular weight is 393 g/mol. The molecule has 0 aromatic heterocycles. The predicted octanol–water partition coefficient (Wildman–Crippen LogP) is 4.48. The van der Waals surface area contributed by atoms with Crippen molar-refractivity contribution in [3.63, 3.8) is 0 Å². The van der Waals surface area contributed by atoms with Gasteiger partial charge in [-0.2, -0.15) is 13.2 Å². The standard InChI is InChI=1S/C21H22F3NO3/c1-20(2,3)16-10-8-14(9-11-16)19(27)25-12-18(26)28-13-15-6-4-5-7-17(15)21(22,23)24/h4-11H,12-13H2,1-3H3,(H,25,27). The SMILES string of the molecule is CC(C)(C)c1ccc(C(=O)NCC(=O)OCc2ccccc2C(F)(F)F)cc1. The monoisotopic (exact) mass is 393 g/mol. The summed E-state index contributed by atoms with van der Waals surface area (Å²) in [5.74, 6) is -1.29. The van der Waals surface area contributed by atoms with E-state index < -0.39 is 36.8 Å². The Balaban J connectivity index is 1.89. The van der Waals surface area contributed by atoms with E-state index in [1.54, 1.807) is 12.1 Å². The Kier molecular flexibility index (Phi) is 6.48. The summed E-state index contributed by atoms with van der Waals surface area (Å²) in [6.45, 7) is 5.19. The number of esters is 1. The molecule has 150 valence electrons. The molecular formula is C21H22F3NO3. The van der Waals surface area contributed by atoms with Gasteiger partial charge in [-0.1, -0.05) is 51.1 Å². The van der Waals surface area contributed by atoms with E-state index in [1.165, 1.54) is 18.2 Å². The van der Waals surface area contributed by atoms with Gasteiger partial charge in [0.1, 0.15) is 13.2 Å². The smallest absolute Gasteiger partial charge is 0.416 e. The van der Waals surface area contributed by atoms with Crippen LogP contribution in [0.4, 0.5) is 13.2 Å². The molecule has 0 aliphatic carbocycles. The quantitative estimate of drug-likeness (QED) is 0.763. The van der Waals surface area contributed by atoms with E-state index in [-0.39, 0.29) is 11.0 Å². The lowest BCUT2D eigenvalue weighted by molar-refractivity contribution is -0.146. The van der Waals surface area contributed by atoms with Gasteiger partial charge in [0, 0.05) is 11.1 Å². The van der Waals surface area contributed by atoms with Crippen molar-refractivity contribution in [3.8, 4) is 0 Å². The highest BCUT2D eigenvalue weighted by atomic mass is 19.4. The molecule has 0 radical (unpaired) electrons. The van der Waals surface area contributed by atoms with E-state index in [0.717, 1.165) is 11.6 Å². The molecule has 2 aromatic carbocycles. The van der Waals surface area contributed by atoms with Crippen molar-refractivity contribution in [2.75, 3.05) is 6.54 Å². The van der Waals surface area contributed by atoms with Crippen LogP contribution >= 0.6 is 0 Å². The molecular weight excluding hydrogens is 371 g/mol. The van der Waals surface area contributed by atoms with Gasteiger partial charge in [-0.05, 0) is 29.2 Å². The predicted molar refractivity (Wildman–Crippen MR) is 98.7 cm³/mol. The minimum atomic E-state index is -4.53. The molecule has 0 aliphatic rings. The fourth-order valence-electron chi connectivity index (χ4n) is 2.51. The highest BCUT2D eigenvalue weighted by Gasteiger charge is 2.33. The number of rotatable bonds is 5. The Bertz CT molecular complexity index is 837. The van der Waals surface area contributed by atoms with E-state index >= 15 is 0 Å². The first-order valence-corrected chi connectivity index (χ1v) is 8.68. The van der Waals surface area contributed by atoms with Crippen molar-refractivity contribution in [1.82, 2.24) is 5.32 Å². The van der Waals surface area contributed by atoms with Crippen LogP contribution in [0.2, 0.25) is 0 Å². The van der Waals surface area contributed by atoms with Crippen molar-refractivity contribution in [2.24, 2.45) is 0 Å². The normalized spacial score (nSPS) is 11.8. The van der Waals surface area contributed by atoms with Gasteiger partial charge in [0.15, 0.2) is 0 Å². The highest BCUT2D eigenvalue weighted by Crippen LogP contribution is 2.32. The Labute approximate surface area is 161 Å². The first kappa shape index (κ1) is 21.5. The zero-order valence-electron chi connectivity index (χ0n) is 15.9. The molecule has 2 rings (SSSR count). The summed E-state index contributed by atoms with van der Waals surface area (Å²) < 4.78 is 43.6. The van der Waals surface area contributed by atoms with Crippen LogP contribution < -0.4 is 5.32 Å². The second-order valence-corrected chi connectivity index (χ2v) is 7.33. The maximum atomic E-state index is 12.9. The summed E-state index contributed by atoms with van der Waals surface area (Å²) in [6, 6.07) is 11.8. The zero-order valence-corrected chi connectivity index (χ0v) is 15.9. The van der Waals surface area contributed by atoms with Gasteiger partial charge in [-0.25, -0.2) is 0 Å². The molecule has 0 atom stereocenters. The number of carbonyl (C=O) groups excluding carboxylic acids is 2. The Morgan fingerprint density at radius 2 is 1.57 bits per heavy atom. The van der Waals surface area contributed by atoms with Gasteiger partial charge < -0.3 is 10.1 Å². The molecule has 2 aromatic rings.